The summed E-state index contributed by atoms with van der Waals surface area (Å²) in [6.45, 7) is 0. The molecular formula is C13H9Br2NO. The molecule has 1 aromatic heterocycles. The maximum atomic E-state index is 9.79. The van der Waals surface area contributed by atoms with Gasteiger partial charge < -0.3 is 9.67 Å². The topological polar surface area (TPSA) is 25.2 Å². The average Bonchev–Trinajstić information content (AvgIpc) is 2.58. The van der Waals surface area contributed by atoms with E-state index in [4.69, 9.17) is 0 Å². The van der Waals surface area contributed by atoms with Crippen molar-refractivity contribution in [2.45, 2.75) is 0 Å². The summed E-state index contributed by atoms with van der Waals surface area (Å²) in [6, 6.07) is 9.81. The van der Waals surface area contributed by atoms with Crippen molar-refractivity contribution in [1.29, 1.82) is 0 Å². The van der Waals surface area contributed by atoms with Crippen LogP contribution in [0.4, 0.5) is 0 Å². The SMILES string of the molecule is Cn1c2ccc(Br)cc2c2c(Br)c(O)ccc21. The van der Waals surface area contributed by atoms with Crippen LogP contribution in [-0.2, 0) is 7.05 Å². The van der Waals surface area contributed by atoms with Crippen molar-refractivity contribution in [2.24, 2.45) is 7.05 Å². The Morgan fingerprint density at radius 2 is 1.76 bits per heavy atom. The minimum atomic E-state index is 0.268. The standard InChI is InChI=1S/C13H9Br2NO/c1-16-9-3-2-7(14)6-8(9)12-10(16)4-5-11(17)13(12)15/h2-6,17H,1H3. The number of phenolic OH excluding ortho intramolecular Hbond substituents is 1. The molecule has 0 spiro atoms. The molecule has 4 heteroatoms. The number of aromatic nitrogens is 1. The lowest BCUT2D eigenvalue weighted by Crippen LogP contribution is -1.85. The Labute approximate surface area is 115 Å². The number of benzene rings is 2. The van der Waals surface area contributed by atoms with E-state index >= 15 is 0 Å². The minimum Gasteiger partial charge on any atom is -0.507 e. The highest BCUT2D eigenvalue weighted by Gasteiger charge is 2.13. The number of aryl methyl sites for hydroxylation is 1. The van der Waals surface area contributed by atoms with Crippen molar-refractivity contribution in [3.8, 4) is 5.75 Å². The Balaban J connectivity index is 2.65. The molecule has 0 fully saturated rings. The largest absolute Gasteiger partial charge is 0.507 e. The lowest BCUT2D eigenvalue weighted by molar-refractivity contribution is 0.473. The number of aromatic hydroxyl groups is 1. The highest BCUT2D eigenvalue weighted by molar-refractivity contribution is 9.11. The molecule has 0 saturated heterocycles. The van der Waals surface area contributed by atoms with Crippen LogP contribution < -0.4 is 0 Å². The Bertz CT molecular complexity index is 746. The predicted molar refractivity (Wildman–Crippen MR) is 77.5 cm³/mol. The van der Waals surface area contributed by atoms with Crippen LogP contribution in [0, 0.1) is 0 Å². The monoisotopic (exact) mass is 353 g/mol. The van der Waals surface area contributed by atoms with Crippen LogP contribution in [0.15, 0.2) is 39.3 Å². The van der Waals surface area contributed by atoms with Crippen molar-refractivity contribution in [3.05, 3.63) is 39.3 Å². The summed E-state index contributed by atoms with van der Waals surface area (Å²) in [7, 11) is 2.03. The number of hydrogen-bond acceptors (Lipinski definition) is 1. The molecule has 1 N–H and O–H groups in total. The normalized spacial score (nSPS) is 11.5. The van der Waals surface area contributed by atoms with Gasteiger partial charge in [0.25, 0.3) is 0 Å². The molecule has 0 saturated carbocycles. The van der Waals surface area contributed by atoms with Gasteiger partial charge in [0.1, 0.15) is 5.75 Å². The van der Waals surface area contributed by atoms with Crippen LogP contribution in [0.25, 0.3) is 21.8 Å². The van der Waals surface area contributed by atoms with Crippen molar-refractivity contribution >= 4 is 53.7 Å². The molecule has 0 radical (unpaired) electrons. The number of fused-ring (bicyclic) bond motifs is 3. The molecule has 0 aliphatic carbocycles. The molecule has 0 aliphatic heterocycles. The van der Waals surface area contributed by atoms with Crippen LogP contribution in [0.5, 0.6) is 5.75 Å². The van der Waals surface area contributed by atoms with Gasteiger partial charge in [-0.2, -0.15) is 0 Å². The van der Waals surface area contributed by atoms with Crippen molar-refractivity contribution in [3.63, 3.8) is 0 Å². The fourth-order valence-corrected chi connectivity index (χ4v) is 3.13. The van der Waals surface area contributed by atoms with Crippen LogP contribution in [-0.4, -0.2) is 9.67 Å². The lowest BCUT2D eigenvalue weighted by atomic mass is 10.1. The van der Waals surface area contributed by atoms with Crippen LogP contribution in [0.3, 0.4) is 0 Å². The summed E-state index contributed by atoms with van der Waals surface area (Å²) in [5.74, 6) is 0.268. The van der Waals surface area contributed by atoms with Gasteiger partial charge >= 0.3 is 0 Å². The van der Waals surface area contributed by atoms with Gasteiger partial charge in [0, 0.05) is 27.8 Å². The molecule has 0 bridgehead atoms. The van der Waals surface area contributed by atoms with Gasteiger partial charge in [0.05, 0.1) is 9.99 Å². The van der Waals surface area contributed by atoms with Gasteiger partial charge in [-0.25, -0.2) is 0 Å². The highest BCUT2D eigenvalue weighted by Crippen LogP contribution is 2.39. The first-order chi connectivity index (χ1) is 8.09. The Morgan fingerprint density at radius 1 is 1.06 bits per heavy atom. The Hall–Kier alpha value is -1.00. The number of hydrogen-bond donors (Lipinski definition) is 1. The third kappa shape index (κ3) is 1.51. The van der Waals surface area contributed by atoms with Crippen LogP contribution >= 0.6 is 31.9 Å². The molecule has 0 aliphatic rings. The van der Waals surface area contributed by atoms with Crippen molar-refractivity contribution in [2.75, 3.05) is 0 Å². The summed E-state index contributed by atoms with van der Waals surface area (Å²) in [5.41, 5.74) is 2.25. The van der Waals surface area contributed by atoms with E-state index in [1.165, 1.54) is 0 Å². The third-order valence-electron chi connectivity index (χ3n) is 3.05. The molecule has 3 aromatic rings. The van der Waals surface area contributed by atoms with E-state index in [0.29, 0.717) is 0 Å². The van der Waals surface area contributed by atoms with E-state index in [-0.39, 0.29) is 5.75 Å². The van der Waals surface area contributed by atoms with E-state index in [2.05, 4.69) is 48.6 Å². The molecule has 0 unspecified atom stereocenters. The second kappa shape index (κ2) is 3.75. The zero-order valence-corrected chi connectivity index (χ0v) is 12.2. The van der Waals surface area contributed by atoms with E-state index < -0.39 is 0 Å². The molecule has 2 aromatic carbocycles. The Morgan fingerprint density at radius 3 is 2.53 bits per heavy atom. The molecule has 0 amide bonds. The van der Waals surface area contributed by atoms with E-state index in [0.717, 1.165) is 30.8 Å². The van der Waals surface area contributed by atoms with Crippen LogP contribution in [0.2, 0.25) is 0 Å². The number of rotatable bonds is 0. The lowest BCUT2D eigenvalue weighted by Gasteiger charge is -2.00. The van der Waals surface area contributed by atoms with E-state index in [9.17, 15) is 5.11 Å². The summed E-state index contributed by atoms with van der Waals surface area (Å²) in [6.07, 6.45) is 0. The van der Waals surface area contributed by atoms with Gasteiger partial charge in [-0.3, -0.25) is 0 Å². The second-order valence-electron chi connectivity index (χ2n) is 4.01. The number of nitrogens with zero attached hydrogens (tertiary/aromatic N) is 1. The maximum absolute atomic E-state index is 9.79. The predicted octanol–water partition coefficient (Wildman–Crippen LogP) is 4.56. The van der Waals surface area contributed by atoms with Gasteiger partial charge in [-0.1, -0.05) is 15.9 Å². The molecule has 1 heterocycles. The zero-order valence-electron chi connectivity index (χ0n) is 9.04. The van der Waals surface area contributed by atoms with E-state index in [1.807, 2.05) is 19.2 Å². The first kappa shape index (κ1) is 11.1. The van der Waals surface area contributed by atoms with E-state index in [1.54, 1.807) is 6.07 Å². The summed E-state index contributed by atoms with van der Waals surface area (Å²) < 4.78 is 3.91. The first-order valence-electron chi connectivity index (χ1n) is 5.14. The zero-order chi connectivity index (χ0) is 12.2. The second-order valence-corrected chi connectivity index (χ2v) is 5.72. The molecule has 86 valence electrons. The number of phenols is 1. The van der Waals surface area contributed by atoms with Crippen molar-refractivity contribution in [1.82, 2.24) is 4.57 Å². The minimum absolute atomic E-state index is 0.268. The first-order valence-corrected chi connectivity index (χ1v) is 6.73. The summed E-state index contributed by atoms with van der Waals surface area (Å²) in [5, 5.41) is 12.0. The summed E-state index contributed by atoms with van der Waals surface area (Å²) in [4.78, 5) is 0. The molecule has 2 nitrogen and oxygen atoms in total. The highest BCUT2D eigenvalue weighted by atomic mass is 79.9. The van der Waals surface area contributed by atoms with Gasteiger partial charge in [-0.05, 0) is 46.3 Å². The van der Waals surface area contributed by atoms with Gasteiger partial charge in [0.2, 0.25) is 0 Å². The molecule has 3 rings (SSSR count). The third-order valence-corrected chi connectivity index (χ3v) is 4.35. The van der Waals surface area contributed by atoms with Gasteiger partial charge in [0.15, 0.2) is 0 Å². The average molecular weight is 355 g/mol. The molecule has 0 atom stereocenters. The Kier molecular flexibility index (Phi) is 2.45. The molecular weight excluding hydrogens is 346 g/mol. The van der Waals surface area contributed by atoms with Crippen molar-refractivity contribution < 1.29 is 5.11 Å². The molecule has 17 heavy (non-hydrogen) atoms. The fraction of sp³-hybridized carbons (Fsp3) is 0.0769. The number of halogens is 2. The fourth-order valence-electron chi connectivity index (χ4n) is 2.22. The smallest absolute Gasteiger partial charge is 0.130 e. The summed E-state index contributed by atoms with van der Waals surface area (Å²) >= 11 is 6.94. The maximum Gasteiger partial charge on any atom is 0.130 e. The van der Waals surface area contributed by atoms with Gasteiger partial charge in [-0.15, -0.1) is 0 Å². The quantitative estimate of drug-likeness (QED) is 0.628. The van der Waals surface area contributed by atoms with Crippen LogP contribution in [0.1, 0.15) is 0 Å².